The fourth-order valence-corrected chi connectivity index (χ4v) is 3.57. The minimum Gasteiger partial charge on any atom is -0.337 e. The van der Waals surface area contributed by atoms with Crippen molar-refractivity contribution in [3.8, 4) is 0 Å². The van der Waals surface area contributed by atoms with E-state index in [0.717, 1.165) is 41.8 Å². The Kier molecular flexibility index (Phi) is 5.85. The number of halogens is 1. The van der Waals surface area contributed by atoms with Crippen LogP contribution >= 0.6 is 15.9 Å². The number of aromatic nitrogens is 2. The number of amides is 1. The molecule has 0 bridgehead atoms. The number of rotatable bonds is 5. The van der Waals surface area contributed by atoms with Crippen LogP contribution < -0.4 is 0 Å². The number of likely N-dealkylation sites (tertiary alicyclic amines) is 1. The summed E-state index contributed by atoms with van der Waals surface area (Å²) in [7, 11) is 0. The largest absolute Gasteiger partial charge is 0.337 e. The van der Waals surface area contributed by atoms with Crippen LogP contribution in [0.4, 0.5) is 0 Å². The van der Waals surface area contributed by atoms with E-state index in [2.05, 4.69) is 34.9 Å². The van der Waals surface area contributed by atoms with Gasteiger partial charge in [0, 0.05) is 19.5 Å². The van der Waals surface area contributed by atoms with Gasteiger partial charge in [0.1, 0.15) is 0 Å². The third kappa shape index (κ3) is 3.87. The van der Waals surface area contributed by atoms with Gasteiger partial charge in [-0.1, -0.05) is 19.8 Å². The maximum Gasteiger partial charge on any atom is 0.222 e. The molecular formula is C16H26BrN3O. The number of nitrogens with zero attached hydrogens (tertiary/aromatic N) is 3. The van der Waals surface area contributed by atoms with E-state index in [1.807, 2.05) is 16.5 Å². The van der Waals surface area contributed by atoms with Crippen molar-refractivity contribution in [1.29, 1.82) is 0 Å². The maximum absolute atomic E-state index is 12.4. The second kappa shape index (κ2) is 7.43. The Labute approximate surface area is 136 Å². The van der Waals surface area contributed by atoms with Crippen LogP contribution in [0.15, 0.2) is 4.47 Å². The highest BCUT2D eigenvalue weighted by atomic mass is 79.9. The first-order chi connectivity index (χ1) is 10.1. The van der Waals surface area contributed by atoms with E-state index in [1.54, 1.807) is 0 Å². The van der Waals surface area contributed by atoms with Crippen LogP contribution in [0.25, 0.3) is 0 Å². The van der Waals surface area contributed by atoms with E-state index in [1.165, 1.54) is 12.8 Å². The predicted molar refractivity (Wildman–Crippen MR) is 88.0 cm³/mol. The molecule has 1 aliphatic heterocycles. The Hall–Kier alpha value is -0.840. The topological polar surface area (TPSA) is 38.1 Å². The summed E-state index contributed by atoms with van der Waals surface area (Å²) in [5.41, 5.74) is 2.12. The smallest absolute Gasteiger partial charge is 0.222 e. The fraction of sp³-hybridized carbons (Fsp3) is 0.750. The van der Waals surface area contributed by atoms with Gasteiger partial charge in [-0.15, -0.1) is 0 Å². The third-order valence-corrected chi connectivity index (χ3v) is 5.45. The standard InChI is InChI=1S/C16H26BrN3O/c1-4-6-13-7-8-15(21)19(10-9-13)11-14-16(17)12(3)18-20(14)5-2/h13H,4-11H2,1-3H3. The molecule has 5 heteroatoms. The Morgan fingerprint density at radius 3 is 2.76 bits per heavy atom. The van der Waals surface area contributed by atoms with Crippen molar-refractivity contribution < 1.29 is 4.79 Å². The molecule has 1 aliphatic rings. The third-order valence-electron chi connectivity index (χ3n) is 4.42. The van der Waals surface area contributed by atoms with Gasteiger partial charge in [0.2, 0.25) is 5.91 Å². The highest BCUT2D eigenvalue weighted by Gasteiger charge is 2.24. The lowest BCUT2D eigenvalue weighted by Crippen LogP contribution is -2.31. The molecule has 1 amide bonds. The number of hydrogen-bond donors (Lipinski definition) is 0. The zero-order valence-electron chi connectivity index (χ0n) is 13.4. The van der Waals surface area contributed by atoms with E-state index in [0.29, 0.717) is 24.8 Å². The molecule has 0 radical (unpaired) electrons. The number of hydrogen-bond acceptors (Lipinski definition) is 2. The molecule has 1 atom stereocenters. The van der Waals surface area contributed by atoms with Gasteiger partial charge in [-0.2, -0.15) is 5.10 Å². The fourth-order valence-electron chi connectivity index (χ4n) is 3.16. The average molecular weight is 356 g/mol. The molecule has 1 unspecified atom stereocenters. The van der Waals surface area contributed by atoms with Gasteiger partial charge in [0.25, 0.3) is 0 Å². The lowest BCUT2D eigenvalue weighted by molar-refractivity contribution is -0.131. The van der Waals surface area contributed by atoms with Crippen LogP contribution in [-0.4, -0.2) is 27.1 Å². The quantitative estimate of drug-likeness (QED) is 0.803. The van der Waals surface area contributed by atoms with Gasteiger partial charge in [-0.25, -0.2) is 0 Å². The van der Waals surface area contributed by atoms with Gasteiger partial charge in [-0.3, -0.25) is 9.48 Å². The molecule has 118 valence electrons. The van der Waals surface area contributed by atoms with Crippen LogP contribution in [-0.2, 0) is 17.9 Å². The molecule has 1 aromatic rings. The highest BCUT2D eigenvalue weighted by Crippen LogP contribution is 2.26. The molecule has 21 heavy (non-hydrogen) atoms. The molecule has 1 aromatic heterocycles. The van der Waals surface area contributed by atoms with Crippen LogP contribution in [0.3, 0.4) is 0 Å². The first kappa shape index (κ1) is 16.5. The summed E-state index contributed by atoms with van der Waals surface area (Å²) in [5.74, 6) is 1.01. The van der Waals surface area contributed by atoms with E-state index < -0.39 is 0 Å². The molecule has 0 aromatic carbocycles. The second-order valence-electron chi connectivity index (χ2n) is 5.96. The first-order valence-corrected chi connectivity index (χ1v) is 8.85. The minimum absolute atomic E-state index is 0.294. The SMILES string of the molecule is CCCC1CCC(=O)N(Cc2c(Br)c(C)nn2CC)CC1. The van der Waals surface area contributed by atoms with E-state index in [9.17, 15) is 4.79 Å². The molecule has 2 rings (SSSR count). The van der Waals surface area contributed by atoms with E-state index >= 15 is 0 Å². The van der Waals surface area contributed by atoms with Gasteiger partial charge in [0.05, 0.1) is 22.4 Å². The van der Waals surface area contributed by atoms with E-state index in [4.69, 9.17) is 0 Å². The lowest BCUT2D eigenvalue weighted by atomic mass is 9.96. The summed E-state index contributed by atoms with van der Waals surface area (Å²) in [6.07, 6.45) is 5.34. The molecule has 1 saturated heterocycles. The molecule has 0 N–H and O–H groups in total. The minimum atomic E-state index is 0.294. The zero-order chi connectivity index (χ0) is 15.4. The number of aryl methyl sites for hydroxylation is 2. The molecule has 2 heterocycles. The van der Waals surface area contributed by atoms with Crippen molar-refractivity contribution in [2.24, 2.45) is 5.92 Å². The van der Waals surface area contributed by atoms with Crippen LogP contribution in [0.1, 0.15) is 57.3 Å². The average Bonchev–Trinajstić information content (AvgIpc) is 2.63. The molecular weight excluding hydrogens is 330 g/mol. The van der Waals surface area contributed by atoms with Gasteiger partial charge in [-0.05, 0) is 48.5 Å². The van der Waals surface area contributed by atoms with Crippen molar-refractivity contribution in [2.45, 2.75) is 66.0 Å². The number of carbonyl (C=O) groups is 1. The van der Waals surface area contributed by atoms with Crippen molar-refractivity contribution >= 4 is 21.8 Å². The summed E-state index contributed by atoms with van der Waals surface area (Å²) in [5, 5.41) is 4.52. The van der Waals surface area contributed by atoms with Crippen molar-refractivity contribution in [2.75, 3.05) is 6.54 Å². The summed E-state index contributed by atoms with van der Waals surface area (Å²) in [4.78, 5) is 14.4. The maximum atomic E-state index is 12.4. The van der Waals surface area contributed by atoms with Gasteiger partial charge in [0.15, 0.2) is 0 Å². The molecule has 0 spiro atoms. The van der Waals surface area contributed by atoms with E-state index in [-0.39, 0.29) is 0 Å². The Balaban J connectivity index is 2.10. The molecule has 1 fully saturated rings. The molecule has 0 saturated carbocycles. The van der Waals surface area contributed by atoms with Crippen LogP contribution in [0, 0.1) is 12.8 Å². The second-order valence-corrected chi connectivity index (χ2v) is 6.75. The lowest BCUT2D eigenvalue weighted by Gasteiger charge is -2.21. The Morgan fingerprint density at radius 1 is 1.33 bits per heavy atom. The summed E-state index contributed by atoms with van der Waals surface area (Å²) < 4.78 is 3.05. The monoisotopic (exact) mass is 355 g/mol. The van der Waals surface area contributed by atoms with Crippen LogP contribution in [0.2, 0.25) is 0 Å². The number of carbonyl (C=O) groups excluding carboxylic acids is 1. The first-order valence-electron chi connectivity index (χ1n) is 8.06. The van der Waals surface area contributed by atoms with Crippen molar-refractivity contribution in [1.82, 2.24) is 14.7 Å². The zero-order valence-corrected chi connectivity index (χ0v) is 14.9. The van der Waals surface area contributed by atoms with Gasteiger partial charge < -0.3 is 4.90 Å². The Bertz CT molecular complexity index is 498. The van der Waals surface area contributed by atoms with Crippen LogP contribution in [0.5, 0.6) is 0 Å². The van der Waals surface area contributed by atoms with Crippen molar-refractivity contribution in [3.05, 3.63) is 15.9 Å². The van der Waals surface area contributed by atoms with Gasteiger partial charge >= 0.3 is 0 Å². The Morgan fingerprint density at radius 2 is 2.10 bits per heavy atom. The predicted octanol–water partition coefficient (Wildman–Crippen LogP) is 3.90. The summed E-state index contributed by atoms with van der Waals surface area (Å²) in [6.45, 7) is 8.70. The van der Waals surface area contributed by atoms with Crippen molar-refractivity contribution in [3.63, 3.8) is 0 Å². The molecule has 0 aliphatic carbocycles. The summed E-state index contributed by atoms with van der Waals surface area (Å²) in [6, 6.07) is 0. The molecule has 4 nitrogen and oxygen atoms in total. The highest BCUT2D eigenvalue weighted by molar-refractivity contribution is 9.10. The normalized spacial score (nSPS) is 19.9. The summed E-state index contributed by atoms with van der Waals surface area (Å²) >= 11 is 3.62.